The molecule has 2 heterocycles. The van der Waals surface area contributed by atoms with Gasteiger partial charge in [0.05, 0.1) is 10.6 Å². The Morgan fingerprint density at radius 2 is 1.81 bits per heavy atom. The summed E-state index contributed by atoms with van der Waals surface area (Å²) in [6, 6.07) is 12.8. The van der Waals surface area contributed by atoms with Crippen LogP contribution in [0.5, 0.6) is 0 Å². The van der Waals surface area contributed by atoms with Gasteiger partial charge in [-0.3, -0.25) is 9.59 Å². The summed E-state index contributed by atoms with van der Waals surface area (Å²) in [5.74, 6) is -0.0948. The lowest BCUT2D eigenvalue weighted by molar-refractivity contribution is -0.120. The van der Waals surface area contributed by atoms with Crippen molar-refractivity contribution in [2.45, 2.75) is 50.0 Å². The van der Waals surface area contributed by atoms with Crippen LogP contribution in [0.2, 0.25) is 0 Å². The summed E-state index contributed by atoms with van der Waals surface area (Å²) in [6.45, 7) is 2.60. The Hall–Kier alpha value is -2.67. The molecule has 3 aliphatic rings. The summed E-state index contributed by atoms with van der Waals surface area (Å²) < 4.78 is 25.9. The lowest BCUT2D eigenvalue weighted by Crippen LogP contribution is -2.36. The molecule has 0 N–H and O–H groups in total. The van der Waals surface area contributed by atoms with Crippen molar-refractivity contribution in [3.8, 4) is 0 Å². The Balaban J connectivity index is 1.29. The van der Waals surface area contributed by atoms with Gasteiger partial charge in [-0.1, -0.05) is 18.2 Å². The zero-order valence-corrected chi connectivity index (χ0v) is 18.4. The van der Waals surface area contributed by atoms with Crippen molar-refractivity contribution in [2.24, 2.45) is 5.92 Å². The molecule has 2 amide bonds. The molecule has 2 aromatic rings. The van der Waals surface area contributed by atoms with Crippen LogP contribution in [0.15, 0.2) is 47.4 Å². The third-order valence-electron chi connectivity index (χ3n) is 6.56. The zero-order chi connectivity index (χ0) is 21.8. The summed E-state index contributed by atoms with van der Waals surface area (Å²) in [7, 11) is -3.59. The lowest BCUT2D eigenvalue weighted by atomic mass is 10.1. The fourth-order valence-corrected chi connectivity index (χ4v) is 6.03. The van der Waals surface area contributed by atoms with Gasteiger partial charge in [-0.2, -0.15) is 0 Å². The fourth-order valence-electron chi connectivity index (χ4n) is 4.76. The number of benzene rings is 2. The number of sulfone groups is 1. The van der Waals surface area contributed by atoms with Gasteiger partial charge in [0, 0.05) is 36.3 Å². The molecule has 0 spiro atoms. The summed E-state index contributed by atoms with van der Waals surface area (Å²) in [5, 5.41) is 0. The SMILES string of the molecule is CC1Cc2ccccc2N1C(=O)CCS(=O)(=O)c1ccc2c(c1)CCN2C(=O)C1CC1. The number of anilines is 2. The number of rotatable bonds is 5. The van der Waals surface area contributed by atoms with Gasteiger partial charge in [0.1, 0.15) is 0 Å². The van der Waals surface area contributed by atoms with E-state index in [9.17, 15) is 18.0 Å². The van der Waals surface area contributed by atoms with Crippen molar-refractivity contribution in [3.63, 3.8) is 0 Å². The molecule has 7 heteroatoms. The van der Waals surface area contributed by atoms with Crippen LogP contribution >= 0.6 is 0 Å². The summed E-state index contributed by atoms with van der Waals surface area (Å²) in [4.78, 5) is 29.1. The van der Waals surface area contributed by atoms with Gasteiger partial charge in [0.25, 0.3) is 0 Å². The van der Waals surface area contributed by atoms with Crippen LogP contribution in [0, 0.1) is 5.92 Å². The smallest absolute Gasteiger partial charge is 0.230 e. The number of amides is 2. The second-order valence-electron chi connectivity index (χ2n) is 8.82. The highest BCUT2D eigenvalue weighted by molar-refractivity contribution is 7.91. The van der Waals surface area contributed by atoms with Gasteiger partial charge in [0.2, 0.25) is 11.8 Å². The van der Waals surface area contributed by atoms with Crippen LogP contribution in [-0.4, -0.2) is 38.6 Å². The number of fused-ring (bicyclic) bond motifs is 2. The minimum absolute atomic E-state index is 0.0302. The Labute approximate surface area is 182 Å². The van der Waals surface area contributed by atoms with Gasteiger partial charge in [-0.25, -0.2) is 8.42 Å². The second-order valence-corrected chi connectivity index (χ2v) is 10.9. The van der Waals surface area contributed by atoms with Crippen molar-refractivity contribution in [3.05, 3.63) is 53.6 Å². The van der Waals surface area contributed by atoms with Crippen LogP contribution < -0.4 is 9.80 Å². The predicted octanol–water partition coefficient (Wildman–Crippen LogP) is 3.13. The van der Waals surface area contributed by atoms with E-state index in [1.165, 1.54) is 0 Å². The highest BCUT2D eigenvalue weighted by Gasteiger charge is 2.37. The van der Waals surface area contributed by atoms with Gasteiger partial charge >= 0.3 is 0 Å². The third kappa shape index (κ3) is 3.65. The predicted molar refractivity (Wildman–Crippen MR) is 119 cm³/mol. The molecule has 2 aliphatic heterocycles. The highest BCUT2D eigenvalue weighted by atomic mass is 32.2. The van der Waals surface area contributed by atoms with E-state index in [0.29, 0.717) is 13.0 Å². The van der Waals surface area contributed by atoms with Gasteiger partial charge in [-0.15, -0.1) is 0 Å². The van der Waals surface area contributed by atoms with E-state index in [2.05, 4.69) is 0 Å². The largest absolute Gasteiger partial charge is 0.312 e. The second kappa shape index (κ2) is 7.48. The van der Waals surface area contributed by atoms with E-state index < -0.39 is 9.84 Å². The van der Waals surface area contributed by atoms with Crippen molar-refractivity contribution in [1.29, 1.82) is 0 Å². The first-order valence-electron chi connectivity index (χ1n) is 10.9. The number of carbonyl (C=O) groups excluding carboxylic acids is 2. The maximum Gasteiger partial charge on any atom is 0.230 e. The lowest BCUT2D eigenvalue weighted by Gasteiger charge is -2.22. The first kappa shape index (κ1) is 20.2. The molecule has 1 fully saturated rings. The van der Waals surface area contributed by atoms with Crippen LogP contribution in [0.25, 0.3) is 0 Å². The number of hydrogen-bond acceptors (Lipinski definition) is 4. The molecular weight excluding hydrogens is 412 g/mol. The van der Waals surface area contributed by atoms with E-state index in [-0.39, 0.29) is 40.8 Å². The van der Waals surface area contributed by atoms with Gasteiger partial charge < -0.3 is 9.80 Å². The molecule has 1 aliphatic carbocycles. The molecule has 2 aromatic carbocycles. The number of para-hydroxylation sites is 1. The number of hydrogen-bond donors (Lipinski definition) is 0. The van der Waals surface area contributed by atoms with E-state index in [0.717, 1.165) is 41.8 Å². The molecule has 31 heavy (non-hydrogen) atoms. The average molecular weight is 439 g/mol. The van der Waals surface area contributed by atoms with Gasteiger partial charge in [-0.05, 0) is 68.0 Å². The fraction of sp³-hybridized carbons (Fsp3) is 0.417. The summed E-state index contributed by atoms with van der Waals surface area (Å²) >= 11 is 0. The maximum atomic E-state index is 13.0. The molecule has 0 radical (unpaired) electrons. The van der Waals surface area contributed by atoms with Crippen molar-refractivity contribution < 1.29 is 18.0 Å². The van der Waals surface area contributed by atoms with Crippen LogP contribution in [0.1, 0.15) is 37.3 Å². The highest BCUT2D eigenvalue weighted by Crippen LogP contribution is 2.37. The Bertz CT molecular complexity index is 1170. The third-order valence-corrected chi connectivity index (χ3v) is 8.27. The molecule has 5 rings (SSSR count). The van der Waals surface area contributed by atoms with Crippen LogP contribution in [-0.2, 0) is 32.3 Å². The first-order chi connectivity index (χ1) is 14.8. The van der Waals surface area contributed by atoms with Crippen molar-refractivity contribution in [1.82, 2.24) is 0 Å². The molecule has 0 aromatic heterocycles. The average Bonchev–Trinajstić information content (AvgIpc) is 3.43. The monoisotopic (exact) mass is 438 g/mol. The summed E-state index contributed by atoms with van der Waals surface area (Å²) in [6.07, 6.45) is 3.30. The van der Waals surface area contributed by atoms with E-state index in [1.807, 2.05) is 31.2 Å². The van der Waals surface area contributed by atoms with Crippen molar-refractivity contribution in [2.75, 3.05) is 22.1 Å². The minimum atomic E-state index is -3.59. The molecule has 1 unspecified atom stereocenters. The maximum absolute atomic E-state index is 13.0. The van der Waals surface area contributed by atoms with Crippen molar-refractivity contribution >= 4 is 33.0 Å². The van der Waals surface area contributed by atoms with Crippen LogP contribution in [0.3, 0.4) is 0 Å². The zero-order valence-electron chi connectivity index (χ0n) is 17.6. The quantitative estimate of drug-likeness (QED) is 0.719. The molecule has 6 nitrogen and oxygen atoms in total. The normalized spacial score (nSPS) is 20.0. The summed E-state index contributed by atoms with van der Waals surface area (Å²) in [5.41, 5.74) is 3.73. The standard InChI is InChI=1S/C24H26N2O4S/c1-16-14-18-4-2-3-5-22(18)26(16)23(27)11-13-31(29,30)20-8-9-21-19(15-20)10-12-25(21)24(28)17-6-7-17/h2-5,8-9,15-17H,6-7,10-14H2,1H3. The molecule has 1 saturated carbocycles. The number of nitrogens with zero attached hydrogens (tertiary/aromatic N) is 2. The Morgan fingerprint density at radius 1 is 1.03 bits per heavy atom. The molecular formula is C24H26N2O4S. The number of carbonyl (C=O) groups is 2. The molecule has 0 bridgehead atoms. The Morgan fingerprint density at radius 3 is 2.58 bits per heavy atom. The molecule has 1 atom stereocenters. The minimum Gasteiger partial charge on any atom is -0.312 e. The van der Waals surface area contributed by atoms with Gasteiger partial charge in [0.15, 0.2) is 9.84 Å². The molecule has 162 valence electrons. The topological polar surface area (TPSA) is 74.8 Å². The molecule has 0 saturated heterocycles. The van der Waals surface area contributed by atoms with Crippen LogP contribution in [0.4, 0.5) is 11.4 Å². The first-order valence-corrected chi connectivity index (χ1v) is 12.6. The van der Waals surface area contributed by atoms with E-state index >= 15 is 0 Å². The van der Waals surface area contributed by atoms with E-state index in [4.69, 9.17) is 0 Å². The van der Waals surface area contributed by atoms with E-state index in [1.54, 1.807) is 28.0 Å². The Kier molecular flexibility index (Phi) is 4.88.